The minimum atomic E-state index is -0.421. The van der Waals surface area contributed by atoms with Crippen LogP contribution in [-0.2, 0) is 9.47 Å². The number of benzene rings is 2. The maximum absolute atomic E-state index is 12.6. The van der Waals surface area contributed by atoms with Gasteiger partial charge in [-0.1, -0.05) is 12.1 Å². The molecule has 1 atom stereocenters. The molecular formula is C20H21NO5. The fourth-order valence-corrected chi connectivity index (χ4v) is 2.74. The zero-order valence-electron chi connectivity index (χ0n) is 14.6. The molecule has 6 heteroatoms. The SMILES string of the molecule is COC(=O)c1ccc(NC(=O)c2ccccc2OC[C@@H]2CCCO2)cc1. The van der Waals surface area contributed by atoms with Crippen molar-refractivity contribution >= 4 is 17.6 Å². The molecule has 0 aromatic heterocycles. The van der Waals surface area contributed by atoms with Gasteiger partial charge in [-0.15, -0.1) is 0 Å². The average Bonchev–Trinajstić information content (AvgIpc) is 3.20. The van der Waals surface area contributed by atoms with Crippen molar-refractivity contribution in [3.63, 3.8) is 0 Å². The lowest BCUT2D eigenvalue weighted by Crippen LogP contribution is -2.19. The molecule has 0 aliphatic carbocycles. The molecule has 0 radical (unpaired) electrons. The topological polar surface area (TPSA) is 73.9 Å². The fraction of sp³-hybridized carbons (Fsp3) is 0.300. The van der Waals surface area contributed by atoms with E-state index in [0.717, 1.165) is 19.4 Å². The van der Waals surface area contributed by atoms with Crippen LogP contribution in [0.2, 0.25) is 0 Å². The smallest absolute Gasteiger partial charge is 0.337 e. The molecule has 6 nitrogen and oxygen atoms in total. The predicted molar refractivity (Wildman–Crippen MR) is 96.6 cm³/mol. The first-order chi connectivity index (χ1) is 12.7. The Labute approximate surface area is 152 Å². The van der Waals surface area contributed by atoms with E-state index in [4.69, 9.17) is 9.47 Å². The Morgan fingerprint density at radius 2 is 1.92 bits per heavy atom. The second-order valence-electron chi connectivity index (χ2n) is 5.97. The van der Waals surface area contributed by atoms with E-state index < -0.39 is 5.97 Å². The van der Waals surface area contributed by atoms with Crippen molar-refractivity contribution in [1.82, 2.24) is 0 Å². The lowest BCUT2D eigenvalue weighted by molar-refractivity contribution is 0.0600. The number of anilines is 1. The zero-order valence-corrected chi connectivity index (χ0v) is 14.6. The summed E-state index contributed by atoms with van der Waals surface area (Å²) in [6.07, 6.45) is 2.09. The van der Waals surface area contributed by atoms with Crippen molar-refractivity contribution in [3.8, 4) is 5.75 Å². The Morgan fingerprint density at radius 1 is 1.15 bits per heavy atom. The van der Waals surface area contributed by atoms with Crippen molar-refractivity contribution in [3.05, 3.63) is 59.7 Å². The monoisotopic (exact) mass is 355 g/mol. The third kappa shape index (κ3) is 4.40. The lowest BCUT2D eigenvalue weighted by atomic mass is 10.1. The highest BCUT2D eigenvalue weighted by Gasteiger charge is 2.18. The summed E-state index contributed by atoms with van der Waals surface area (Å²) < 4.78 is 16.0. The molecule has 1 fully saturated rings. The van der Waals surface area contributed by atoms with E-state index >= 15 is 0 Å². The van der Waals surface area contributed by atoms with Gasteiger partial charge in [0, 0.05) is 12.3 Å². The van der Waals surface area contributed by atoms with Crippen molar-refractivity contribution in [2.75, 3.05) is 25.6 Å². The number of hydrogen-bond donors (Lipinski definition) is 1. The Bertz CT molecular complexity index is 766. The van der Waals surface area contributed by atoms with Crippen LogP contribution in [0.15, 0.2) is 48.5 Å². The van der Waals surface area contributed by atoms with Gasteiger partial charge < -0.3 is 19.5 Å². The number of amides is 1. The van der Waals surface area contributed by atoms with E-state index in [1.54, 1.807) is 42.5 Å². The Balaban J connectivity index is 1.66. The lowest BCUT2D eigenvalue weighted by Gasteiger charge is -2.14. The maximum Gasteiger partial charge on any atom is 0.337 e. The molecule has 0 spiro atoms. The summed E-state index contributed by atoms with van der Waals surface area (Å²) in [5.41, 5.74) is 1.45. The molecule has 3 rings (SSSR count). The summed E-state index contributed by atoms with van der Waals surface area (Å²) in [6.45, 7) is 1.19. The van der Waals surface area contributed by atoms with Crippen LogP contribution in [0, 0.1) is 0 Å². The first-order valence-electron chi connectivity index (χ1n) is 8.50. The molecule has 2 aromatic carbocycles. The zero-order chi connectivity index (χ0) is 18.4. The van der Waals surface area contributed by atoms with E-state index in [1.165, 1.54) is 7.11 Å². The Kier molecular flexibility index (Phi) is 5.86. The highest BCUT2D eigenvalue weighted by molar-refractivity contribution is 6.06. The number of para-hydroxylation sites is 1. The number of methoxy groups -OCH3 is 1. The van der Waals surface area contributed by atoms with Crippen LogP contribution < -0.4 is 10.1 Å². The van der Waals surface area contributed by atoms with Gasteiger partial charge in [-0.2, -0.15) is 0 Å². The number of carbonyl (C=O) groups excluding carboxylic acids is 2. The molecule has 1 heterocycles. The Hall–Kier alpha value is -2.86. The molecule has 26 heavy (non-hydrogen) atoms. The van der Waals surface area contributed by atoms with E-state index in [0.29, 0.717) is 29.2 Å². The molecule has 0 bridgehead atoms. The average molecular weight is 355 g/mol. The summed E-state index contributed by atoms with van der Waals surface area (Å²) >= 11 is 0. The summed E-state index contributed by atoms with van der Waals surface area (Å²) in [5, 5.41) is 2.81. The van der Waals surface area contributed by atoms with Gasteiger partial charge in [-0.25, -0.2) is 4.79 Å². The van der Waals surface area contributed by atoms with Gasteiger partial charge in [-0.05, 0) is 49.2 Å². The van der Waals surface area contributed by atoms with Gasteiger partial charge in [0.2, 0.25) is 0 Å². The predicted octanol–water partition coefficient (Wildman–Crippen LogP) is 3.28. The summed E-state index contributed by atoms with van der Waals surface area (Å²) in [6, 6.07) is 13.6. The van der Waals surface area contributed by atoms with Gasteiger partial charge in [-0.3, -0.25) is 4.79 Å². The normalized spacial score (nSPS) is 16.1. The summed E-state index contributed by atoms with van der Waals surface area (Å²) in [7, 11) is 1.32. The third-order valence-corrected chi connectivity index (χ3v) is 4.14. The molecule has 0 saturated carbocycles. The molecule has 1 aliphatic heterocycles. The number of hydrogen-bond acceptors (Lipinski definition) is 5. The van der Waals surface area contributed by atoms with E-state index in [9.17, 15) is 9.59 Å². The minimum absolute atomic E-state index is 0.0805. The van der Waals surface area contributed by atoms with Crippen molar-refractivity contribution in [2.45, 2.75) is 18.9 Å². The van der Waals surface area contributed by atoms with E-state index in [2.05, 4.69) is 10.1 Å². The summed E-state index contributed by atoms with van der Waals surface area (Å²) in [5.74, 6) is -0.179. The third-order valence-electron chi connectivity index (χ3n) is 4.14. The maximum atomic E-state index is 12.6. The second kappa shape index (κ2) is 8.49. The molecule has 1 saturated heterocycles. The van der Waals surface area contributed by atoms with Gasteiger partial charge >= 0.3 is 5.97 Å². The van der Waals surface area contributed by atoms with Crippen LogP contribution in [0.5, 0.6) is 5.75 Å². The van der Waals surface area contributed by atoms with Gasteiger partial charge in [0.05, 0.1) is 24.3 Å². The minimum Gasteiger partial charge on any atom is -0.490 e. The Morgan fingerprint density at radius 3 is 2.62 bits per heavy atom. The number of esters is 1. The second-order valence-corrected chi connectivity index (χ2v) is 5.97. The first-order valence-corrected chi connectivity index (χ1v) is 8.50. The van der Waals surface area contributed by atoms with Crippen LogP contribution in [0.3, 0.4) is 0 Å². The van der Waals surface area contributed by atoms with Gasteiger partial charge in [0.25, 0.3) is 5.91 Å². The van der Waals surface area contributed by atoms with Crippen LogP contribution in [0.4, 0.5) is 5.69 Å². The van der Waals surface area contributed by atoms with E-state index in [1.807, 2.05) is 6.07 Å². The largest absolute Gasteiger partial charge is 0.490 e. The molecule has 1 aliphatic rings. The highest BCUT2D eigenvalue weighted by Crippen LogP contribution is 2.22. The fourth-order valence-electron chi connectivity index (χ4n) is 2.74. The van der Waals surface area contributed by atoms with E-state index in [-0.39, 0.29) is 12.0 Å². The first kappa shape index (κ1) is 17.9. The molecular weight excluding hydrogens is 334 g/mol. The number of carbonyl (C=O) groups is 2. The highest BCUT2D eigenvalue weighted by atomic mass is 16.5. The van der Waals surface area contributed by atoms with Crippen LogP contribution in [0.25, 0.3) is 0 Å². The van der Waals surface area contributed by atoms with Crippen molar-refractivity contribution < 1.29 is 23.8 Å². The molecule has 1 amide bonds. The van der Waals surface area contributed by atoms with Crippen molar-refractivity contribution in [1.29, 1.82) is 0 Å². The van der Waals surface area contributed by atoms with Crippen LogP contribution >= 0.6 is 0 Å². The molecule has 1 N–H and O–H groups in total. The molecule has 136 valence electrons. The van der Waals surface area contributed by atoms with Gasteiger partial charge in [0.1, 0.15) is 12.4 Å². The van der Waals surface area contributed by atoms with Crippen molar-refractivity contribution in [2.24, 2.45) is 0 Å². The number of rotatable bonds is 6. The number of nitrogens with one attached hydrogen (secondary N) is 1. The quantitative estimate of drug-likeness (QED) is 0.805. The van der Waals surface area contributed by atoms with Gasteiger partial charge in [0.15, 0.2) is 0 Å². The molecule has 2 aromatic rings. The standard InChI is InChI=1S/C20H21NO5/c1-24-20(23)14-8-10-15(11-9-14)21-19(22)17-6-2-3-7-18(17)26-13-16-5-4-12-25-16/h2-3,6-11,16H,4-5,12-13H2,1H3,(H,21,22)/t16-/m0/s1. The number of ether oxygens (including phenoxy) is 3. The van der Waals surface area contributed by atoms with Crippen LogP contribution in [-0.4, -0.2) is 38.3 Å². The molecule has 0 unspecified atom stereocenters. The van der Waals surface area contributed by atoms with Crippen LogP contribution in [0.1, 0.15) is 33.6 Å². The summed E-state index contributed by atoms with van der Waals surface area (Å²) in [4.78, 5) is 24.0.